The molecule has 102 valence electrons. The van der Waals surface area contributed by atoms with Crippen LogP contribution in [0.3, 0.4) is 0 Å². The molecule has 1 fully saturated rings. The number of hydrogen-bond donors (Lipinski definition) is 3. The summed E-state index contributed by atoms with van der Waals surface area (Å²) in [5, 5.41) is 25.1. The van der Waals surface area contributed by atoms with Crippen molar-refractivity contribution in [2.75, 3.05) is 18.5 Å². The number of aromatic nitrogens is 1. The molecule has 4 N–H and O–H groups in total. The van der Waals surface area contributed by atoms with E-state index < -0.39 is 4.92 Å². The van der Waals surface area contributed by atoms with Crippen molar-refractivity contribution in [3.05, 3.63) is 27.9 Å². The molecule has 1 aliphatic rings. The van der Waals surface area contributed by atoms with E-state index >= 15 is 0 Å². The van der Waals surface area contributed by atoms with E-state index in [1.807, 2.05) is 0 Å². The number of hydrogen-bond acceptors (Lipinski definition) is 7. The Labute approximate surface area is 108 Å². The first kappa shape index (κ1) is 13.0. The molecule has 1 aromatic heterocycles. The minimum atomic E-state index is -0.549. The lowest BCUT2D eigenvalue weighted by atomic mass is 10.2. The summed E-state index contributed by atoms with van der Waals surface area (Å²) in [5.74, 6) is -0.137. The second-order valence-corrected chi connectivity index (χ2v) is 3.97. The van der Waals surface area contributed by atoms with E-state index in [0.717, 1.165) is 6.42 Å². The molecule has 0 aliphatic carbocycles. The Kier molecular flexibility index (Phi) is 3.76. The summed E-state index contributed by atoms with van der Waals surface area (Å²) >= 11 is 0. The third-order valence-corrected chi connectivity index (χ3v) is 2.73. The molecule has 1 atom stereocenters. The van der Waals surface area contributed by atoms with Crippen molar-refractivity contribution in [1.29, 1.82) is 0 Å². The molecule has 1 saturated heterocycles. The third-order valence-electron chi connectivity index (χ3n) is 2.73. The van der Waals surface area contributed by atoms with Crippen molar-refractivity contribution >= 4 is 17.3 Å². The second kappa shape index (κ2) is 5.48. The van der Waals surface area contributed by atoms with E-state index in [-0.39, 0.29) is 29.1 Å². The summed E-state index contributed by atoms with van der Waals surface area (Å²) in [6.45, 7) is 1.12. The molecule has 0 radical (unpaired) electrons. The molecule has 0 unspecified atom stereocenters. The van der Waals surface area contributed by atoms with Crippen LogP contribution in [0.25, 0.3) is 0 Å². The molecule has 2 rings (SSSR count). The van der Waals surface area contributed by atoms with E-state index in [4.69, 9.17) is 15.7 Å². The molecule has 0 saturated carbocycles. The van der Waals surface area contributed by atoms with Gasteiger partial charge in [-0.05, 0) is 12.5 Å². The molecule has 9 heteroatoms. The van der Waals surface area contributed by atoms with Gasteiger partial charge >= 0.3 is 5.69 Å². The first-order valence-corrected chi connectivity index (χ1v) is 5.60. The standard InChI is InChI=1S/C10H13N5O4/c11-9(14-16)7-1-2-8(15(17)18)10(13-7)12-5-6-3-4-19-6/h1-2,6,16H,3-5H2,(H2,11,14)(H,12,13)/t6-/m0/s1. The maximum Gasteiger partial charge on any atom is 0.311 e. The number of pyridine rings is 1. The number of rotatable bonds is 5. The van der Waals surface area contributed by atoms with Crippen LogP contribution < -0.4 is 11.1 Å². The lowest BCUT2D eigenvalue weighted by Gasteiger charge is -2.26. The van der Waals surface area contributed by atoms with Gasteiger partial charge in [0, 0.05) is 19.2 Å². The number of nitrogens with two attached hydrogens (primary N) is 1. The summed E-state index contributed by atoms with van der Waals surface area (Å²) in [6, 6.07) is 2.57. The monoisotopic (exact) mass is 267 g/mol. The quantitative estimate of drug-likeness (QED) is 0.229. The molecule has 0 bridgehead atoms. The maximum absolute atomic E-state index is 10.9. The van der Waals surface area contributed by atoms with Gasteiger partial charge in [0.2, 0.25) is 5.82 Å². The van der Waals surface area contributed by atoms with Gasteiger partial charge in [0.25, 0.3) is 0 Å². The van der Waals surface area contributed by atoms with Crippen molar-refractivity contribution in [3.8, 4) is 0 Å². The van der Waals surface area contributed by atoms with Crippen molar-refractivity contribution in [2.24, 2.45) is 10.9 Å². The fourth-order valence-electron chi connectivity index (χ4n) is 1.58. The Bertz CT molecular complexity index is 515. The number of nitrogens with zero attached hydrogens (tertiary/aromatic N) is 3. The van der Waals surface area contributed by atoms with Gasteiger partial charge in [-0.2, -0.15) is 0 Å². The van der Waals surface area contributed by atoms with E-state index in [9.17, 15) is 10.1 Å². The van der Waals surface area contributed by atoms with Crippen LogP contribution in [-0.2, 0) is 4.74 Å². The lowest BCUT2D eigenvalue weighted by molar-refractivity contribution is -0.384. The van der Waals surface area contributed by atoms with Crippen LogP contribution in [-0.4, -0.2) is 40.2 Å². The Balaban J connectivity index is 2.21. The van der Waals surface area contributed by atoms with Crippen LogP contribution in [0.15, 0.2) is 17.3 Å². The highest BCUT2D eigenvalue weighted by molar-refractivity contribution is 5.95. The molecule has 9 nitrogen and oxygen atoms in total. The van der Waals surface area contributed by atoms with Crippen LogP contribution in [0.1, 0.15) is 12.1 Å². The van der Waals surface area contributed by atoms with Crippen molar-refractivity contribution in [3.63, 3.8) is 0 Å². The molecule has 0 aromatic carbocycles. The highest BCUT2D eigenvalue weighted by Gasteiger charge is 2.21. The number of nitro groups is 1. The van der Waals surface area contributed by atoms with E-state index in [1.54, 1.807) is 0 Å². The van der Waals surface area contributed by atoms with Crippen molar-refractivity contribution < 1.29 is 14.9 Å². The number of nitrogens with one attached hydrogen (secondary N) is 1. The minimum Gasteiger partial charge on any atom is -0.409 e. The van der Waals surface area contributed by atoms with Gasteiger partial charge in [-0.3, -0.25) is 10.1 Å². The molecule has 0 spiro atoms. The fourth-order valence-corrected chi connectivity index (χ4v) is 1.58. The second-order valence-electron chi connectivity index (χ2n) is 3.97. The molecular formula is C10H13N5O4. The highest BCUT2D eigenvalue weighted by atomic mass is 16.6. The van der Waals surface area contributed by atoms with Gasteiger partial charge in [0.05, 0.1) is 11.0 Å². The van der Waals surface area contributed by atoms with Gasteiger partial charge in [0.1, 0.15) is 5.69 Å². The van der Waals surface area contributed by atoms with E-state index in [2.05, 4.69) is 15.5 Å². The van der Waals surface area contributed by atoms with Crippen molar-refractivity contribution in [1.82, 2.24) is 4.98 Å². The molecule has 1 aliphatic heterocycles. The topological polar surface area (TPSA) is 136 Å². The van der Waals surface area contributed by atoms with Gasteiger partial charge < -0.3 is 21.0 Å². The summed E-state index contributed by atoms with van der Waals surface area (Å²) in [4.78, 5) is 14.3. The molecule has 19 heavy (non-hydrogen) atoms. The van der Waals surface area contributed by atoms with Gasteiger partial charge in [0.15, 0.2) is 5.84 Å². The van der Waals surface area contributed by atoms with Crippen LogP contribution in [0, 0.1) is 10.1 Å². The Morgan fingerprint density at radius 3 is 3.00 bits per heavy atom. The normalized spacial score (nSPS) is 18.7. The predicted octanol–water partition coefficient (Wildman–Crippen LogP) is 0.285. The van der Waals surface area contributed by atoms with Crippen LogP contribution in [0.4, 0.5) is 11.5 Å². The average Bonchev–Trinajstić information content (AvgIpc) is 2.35. The smallest absolute Gasteiger partial charge is 0.311 e. The summed E-state index contributed by atoms with van der Waals surface area (Å²) in [5.41, 5.74) is 5.38. The lowest BCUT2D eigenvalue weighted by Crippen LogP contribution is -2.33. The zero-order chi connectivity index (χ0) is 13.8. The first-order valence-electron chi connectivity index (χ1n) is 5.60. The number of oxime groups is 1. The number of amidine groups is 1. The SMILES string of the molecule is NC(=NO)c1ccc([N+](=O)[O-])c(NC[C@@H]2CCO2)n1. The predicted molar refractivity (Wildman–Crippen MR) is 66.2 cm³/mol. The third kappa shape index (κ3) is 2.88. The van der Waals surface area contributed by atoms with Gasteiger partial charge in [-0.1, -0.05) is 5.16 Å². The highest BCUT2D eigenvalue weighted by Crippen LogP contribution is 2.23. The first-order chi connectivity index (χ1) is 9.11. The zero-order valence-electron chi connectivity index (χ0n) is 9.94. The summed E-state index contributed by atoms with van der Waals surface area (Å²) in [6.07, 6.45) is 0.940. The minimum absolute atomic E-state index is 0.0360. The van der Waals surface area contributed by atoms with E-state index in [1.165, 1.54) is 12.1 Å². The van der Waals surface area contributed by atoms with Crippen LogP contribution >= 0.6 is 0 Å². The molecule has 0 amide bonds. The number of anilines is 1. The molecular weight excluding hydrogens is 254 g/mol. The summed E-state index contributed by atoms with van der Waals surface area (Å²) in [7, 11) is 0. The molecule has 2 heterocycles. The summed E-state index contributed by atoms with van der Waals surface area (Å²) < 4.78 is 5.20. The van der Waals surface area contributed by atoms with E-state index in [0.29, 0.717) is 13.2 Å². The van der Waals surface area contributed by atoms with Gasteiger partial charge in [-0.25, -0.2) is 4.98 Å². The van der Waals surface area contributed by atoms with Crippen LogP contribution in [0.2, 0.25) is 0 Å². The molecule has 1 aromatic rings. The Hall–Kier alpha value is -2.42. The Morgan fingerprint density at radius 2 is 2.47 bits per heavy atom. The number of ether oxygens (including phenoxy) is 1. The van der Waals surface area contributed by atoms with Crippen LogP contribution in [0.5, 0.6) is 0 Å². The fraction of sp³-hybridized carbons (Fsp3) is 0.400. The largest absolute Gasteiger partial charge is 0.409 e. The average molecular weight is 267 g/mol. The maximum atomic E-state index is 10.9. The van der Waals surface area contributed by atoms with Gasteiger partial charge in [-0.15, -0.1) is 0 Å². The zero-order valence-corrected chi connectivity index (χ0v) is 9.94. The Morgan fingerprint density at radius 1 is 1.74 bits per heavy atom. The van der Waals surface area contributed by atoms with Crippen molar-refractivity contribution in [2.45, 2.75) is 12.5 Å².